The molecule has 0 saturated carbocycles. The summed E-state index contributed by atoms with van der Waals surface area (Å²) in [5.41, 5.74) is 0.843. The van der Waals surface area contributed by atoms with E-state index in [0.717, 1.165) is 11.9 Å². The van der Waals surface area contributed by atoms with Crippen LogP contribution in [0.25, 0.3) is 0 Å². The molecule has 0 radical (unpaired) electrons. The van der Waals surface area contributed by atoms with Crippen LogP contribution in [-0.4, -0.2) is 17.9 Å². The quantitative estimate of drug-likeness (QED) is 0.361. The van der Waals surface area contributed by atoms with E-state index >= 15 is 0 Å². The van der Waals surface area contributed by atoms with Crippen molar-refractivity contribution < 1.29 is 9.59 Å². The zero-order valence-electron chi connectivity index (χ0n) is 7.88. The van der Waals surface area contributed by atoms with Crippen LogP contribution in [0.4, 0.5) is 0 Å². The third-order valence-corrected chi connectivity index (χ3v) is 2.32. The highest BCUT2D eigenvalue weighted by atomic mass is 35.5. The summed E-state index contributed by atoms with van der Waals surface area (Å²) in [4.78, 5) is 21.0. The first-order chi connectivity index (χ1) is 6.11. The predicted molar refractivity (Wildman–Crippen MR) is 53.9 cm³/mol. The number of hydrogen-bond donors (Lipinski definition) is 0. The summed E-state index contributed by atoms with van der Waals surface area (Å²) < 4.78 is 0. The van der Waals surface area contributed by atoms with Gasteiger partial charge in [-0.15, -0.1) is 11.6 Å². The molecule has 0 aliphatic carbocycles. The van der Waals surface area contributed by atoms with Gasteiger partial charge in [0, 0.05) is 18.7 Å². The molecule has 1 atom stereocenters. The predicted octanol–water partition coefficient (Wildman–Crippen LogP) is 2.36. The van der Waals surface area contributed by atoms with Crippen LogP contribution in [0.3, 0.4) is 0 Å². The van der Waals surface area contributed by atoms with Crippen molar-refractivity contribution in [3.63, 3.8) is 0 Å². The van der Waals surface area contributed by atoms with E-state index < -0.39 is 0 Å². The Morgan fingerprint density at radius 2 is 2.23 bits per heavy atom. The van der Waals surface area contributed by atoms with Crippen molar-refractivity contribution in [2.45, 2.75) is 26.2 Å². The molecule has 0 amide bonds. The summed E-state index contributed by atoms with van der Waals surface area (Å²) in [5.74, 6) is 0.563. The van der Waals surface area contributed by atoms with Crippen LogP contribution in [0.1, 0.15) is 26.2 Å². The monoisotopic (exact) mass is 202 g/mol. The van der Waals surface area contributed by atoms with Crippen LogP contribution >= 0.6 is 11.6 Å². The summed E-state index contributed by atoms with van der Waals surface area (Å²) in [6, 6.07) is 0. The maximum atomic E-state index is 10.7. The van der Waals surface area contributed by atoms with Gasteiger partial charge in [0.15, 0.2) is 0 Å². The third kappa shape index (κ3) is 5.58. The van der Waals surface area contributed by atoms with Crippen molar-refractivity contribution in [3.05, 3.63) is 12.2 Å². The summed E-state index contributed by atoms with van der Waals surface area (Å²) in [6.07, 6.45) is 2.44. The summed E-state index contributed by atoms with van der Waals surface area (Å²) in [6.45, 7) is 5.31. The SMILES string of the molecule is C=C(CCl)[C@@H](CC=O)CCC(C)=O. The minimum atomic E-state index is 0.0684. The maximum Gasteiger partial charge on any atom is 0.129 e. The van der Waals surface area contributed by atoms with E-state index in [4.69, 9.17) is 11.6 Å². The number of halogens is 1. The van der Waals surface area contributed by atoms with Gasteiger partial charge >= 0.3 is 0 Å². The third-order valence-electron chi connectivity index (χ3n) is 1.97. The smallest absolute Gasteiger partial charge is 0.129 e. The molecular weight excluding hydrogens is 188 g/mol. The van der Waals surface area contributed by atoms with Gasteiger partial charge in [-0.05, 0) is 19.3 Å². The van der Waals surface area contributed by atoms with Crippen molar-refractivity contribution in [1.82, 2.24) is 0 Å². The van der Waals surface area contributed by atoms with E-state index in [-0.39, 0.29) is 11.7 Å². The number of hydrogen-bond acceptors (Lipinski definition) is 2. The van der Waals surface area contributed by atoms with Gasteiger partial charge in [-0.1, -0.05) is 12.2 Å². The number of Topliss-reactive ketones (excluding diaryl/α,β-unsaturated/α-hetero) is 1. The number of rotatable bonds is 7. The number of alkyl halides is 1. The van der Waals surface area contributed by atoms with Crippen LogP contribution < -0.4 is 0 Å². The molecule has 74 valence electrons. The summed E-state index contributed by atoms with van der Waals surface area (Å²) in [7, 11) is 0. The van der Waals surface area contributed by atoms with E-state index in [1.54, 1.807) is 6.92 Å². The topological polar surface area (TPSA) is 34.1 Å². The lowest BCUT2D eigenvalue weighted by Crippen LogP contribution is -2.07. The normalized spacial score (nSPS) is 12.2. The molecule has 2 nitrogen and oxygen atoms in total. The highest BCUT2D eigenvalue weighted by Gasteiger charge is 2.12. The van der Waals surface area contributed by atoms with E-state index in [9.17, 15) is 9.59 Å². The lowest BCUT2D eigenvalue weighted by Gasteiger charge is -2.13. The fourth-order valence-corrected chi connectivity index (χ4v) is 1.31. The molecule has 0 aromatic rings. The minimum absolute atomic E-state index is 0.0684. The lowest BCUT2D eigenvalue weighted by molar-refractivity contribution is -0.117. The Morgan fingerprint density at radius 3 is 2.62 bits per heavy atom. The summed E-state index contributed by atoms with van der Waals surface area (Å²) in [5, 5.41) is 0. The Labute approximate surface area is 84.0 Å². The van der Waals surface area contributed by atoms with Gasteiger partial charge in [0.1, 0.15) is 12.1 Å². The van der Waals surface area contributed by atoms with Gasteiger partial charge in [0.25, 0.3) is 0 Å². The molecule has 0 aromatic carbocycles. The molecule has 3 heteroatoms. The lowest BCUT2D eigenvalue weighted by atomic mass is 9.93. The number of aldehydes is 1. The van der Waals surface area contributed by atoms with Gasteiger partial charge in [-0.3, -0.25) is 0 Å². The fourth-order valence-electron chi connectivity index (χ4n) is 1.09. The Bertz CT molecular complexity index is 199. The van der Waals surface area contributed by atoms with E-state index in [1.165, 1.54) is 0 Å². The number of ketones is 1. The minimum Gasteiger partial charge on any atom is -0.303 e. The molecule has 13 heavy (non-hydrogen) atoms. The molecule has 0 N–H and O–H groups in total. The first kappa shape index (κ1) is 12.4. The molecule has 0 saturated heterocycles. The van der Waals surface area contributed by atoms with Crippen molar-refractivity contribution in [2.75, 3.05) is 5.88 Å². The van der Waals surface area contributed by atoms with E-state index in [1.807, 2.05) is 0 Å². The molecule has 0 heterocycles. The second kappa shape index (κ2) is 6.84. The van der Waals surface area contributed by atoms with Gasteiger partial charge in [0.2, 0.25) is 0 Å². The fraction of sp³-hybridized carbons (Fsp3) is 0.600. The average molecular weight is 203 g/mol. The van der Waals surface area contributed by atoms with E-state index in [2.05, 4.69) is 6.58 Å². The molecule has 0 fully saturated rings. The van der Waals surface area contributed by atoms with Crippen molar-refractivity contribution >= 4 is 23.7 Å². The van der Waals surface area contributed by atoms with Gasteiger partial charge < -0.3 is 9.59 Å². The molecule has 0 aromatic heterocycles. The Kier molecular flexibility index (Phi) is 6.51. The van der Waals surface area contributed by atoms with Crippen LogP contribution in [-0.2, 0) is 9.59 Å². The first-order valence-electron chi connectivity index (χ1n) is 4.28. The van der Waals surface area contributed by atoms with Gasteiger partial charge in [0.05, 0.1) is 0 Å². The number of allylic oxidation sites excluding steroid dienone is 1. The molecule has 0 aliphatic heterocycles. The van der Waals surface area contributed by atoms with Crippen LogP contribution in [0.5, 0.6) is 0 Å². The zero-order chi connectivity index (χ0) is 10.3. The van der Waals surface area contributed by atoms with E-state index in [0.29, 0.717) is 25.1 Å². The molecule has 0 spiro atoms. The second-order valence-electron chi connectivity index (χ2n) is 3.13. The largest absolute Gasteiger partial charge is 0.303 e. The highest BCUT2D eigenvalue weighted by molar-refractivity contribution is 6.19. The van der Waals surface area contributed by atoms with Crippen molar-refractivity contribution in [2.24, 2.45) is 5.92 Å². The highest BCUT2D eigenvalue weighted by Crippen LogP contribution is 2.19. The molecule has 0 rings (SSSR count). The number of carbonyl (C=O) groups is 2. The van der Waals surface area contributed by atoms with Crippen molar-refractivity contribution in [1.29, 1.82) is 0 Å². The number of carbonyl (C=O) groups excluding carboxylic acids is 2. The van der Waals surface area contributed by atoms with Crippen LogP contribution in [0, 0.1) is 5.92 Å². The maximum absolute atomic E-state index is 10.7. The second-order valence-corrected chi connectivity index (χ2v) is 3.40. The molecule has 0 bridgehead atoms. The van der Waals surface area contributed by atoms with Crippen molar-refractivity contribution in [3.8, 4) is 0 Å². The van der Waals surface area contributed by atoms with Crippen LogP contribution in [0.2, 0.25) is 0 Å². The average Bonchev–Trinajstić information content (AvgIpc) is 2.10. The van der Waals surface area contributed by atoms with Gasteiger partial charge in [-0.25, -0.2) is 0 Å². The first-order valence-corrected chi connectivity index (χ1v) is 4.82. The standard InChI is InChI=1S/C10H15ClO2/c1-8(7-11)10(5-6-12)4-3-9(2)13/h6,10H,1,3-5,7H2,2H3/t10-/m1/s1. The Balaban J connectivity index is 4.00. The molecular formula is C10H15ClO2. The molecule has 0 aliphatic rings. The Morgan fingerprint density at radius 1 is 1.62 bits per heavy atom. The van der Waals surface area contributed by atoms with Gasteiger partial charge in [-0.2, -0.15) is 0 Å². The zero-order valence-corrected chi connectivity index (χ0v) is 8.64. The Hall–Kier alpha value is -0.630. The summed E-state index contributed by atoms with van der Waals surface area (Å²) >= 11 is 5.60. The molecule has 0 unspecified atom stereocenters. The van der Waals surface area contributed by atoms with Crippen LogP contribution in [0.15, 0.2) is 12.2 Å².